The van der Waals surface area contributed by atoms with Crippen molar-refractivity contribution < 1.29 is 9.59 Å². The number of thiazole rings is 1. The van der Waals surface area contributed by atoms with Gasteiger partial charge in [0.05, 0.1) is 11.7 Å². The van der Waals surface area contributed by atoms with Gasteiger partial charge in [-0.3, -0.25) is 9.78 Å². The molecule has 0 aliphatic carbocycles. The summed E-state index contributed by atoms with van der Waals surface area (Å²) in [6.45, 7) is 3.28. The smallest absolute Gasteiger partial charge is 0.265 e. The molecule has 2 aliphatic heterocycles. The Bertz CT molecular complexity index is 495. The van der Waals surface area contributed by atoms with Crippen LogP contribution in [0.4, 0.5) is 0 Å². The summed E-state index contributed by atoms with van der Waals surface area (Å²) in [4.78, 5) is 32.7. The molecule has 0 aromatic carbocycles. The molecule has 5 nitrogen and oxygen atoms in total. The second kappa shape index (κ2) is 5.26. The summed E-state index contributed by atoms with van der Waals surface area (Å²) >= 11 is 1.36. The van der Waals surface area contributed by atoms with E-state index < -0.39 is 0 Å². The molecule has 20 heavy (non-hydrogen) atoms. The minimum atomic E-state index is -0.0203. The first-order chi connectivity index (χ1) is 9.64. The summed E-state index contributed by atoms with van der Waals surface area (Å²) in [5, 5.41) is 0. The molecule has 1 aromatic heterocycles. The lowest BCUT2D eigenvalue weighted by atomic mass is 9.71. The van der Waals surface area contributed by atoms with E-state index in [1.807, 2.05) is 4.90 Å². The predicted molar refractivity (Wildman–Crippen MR) is 76.7 cm³/mol. The molecule has 3 heterocycles. The van der Waals surface area contributed by atoms with Crippen molar-refractivity contribution in [2.75, 3.05) is 33.2 Å². The van der Waals surface area contributed by atoms with Gasteiger partial charge in [0.2, 0.25) is 0 Å². The zero-order valence-corrected chi connectivity index (χ0v) is 12.4. The van der Waals surface area contributed by atoms with Crippen molar-refractivity contribution in [3.05, 3.63) is 16.6 Å². The molecule has 2 aliphatic rings. The minimum Gasteiger partial charge on any atom is -0.337 e. The van der Waals surface area contributed by atoms with E-state index in [1.54, 1.807) is 11.7 Å². The summed E-state index contributed by atoms with van der Waals surface area (Å²) < 4.78 is 0. The van der Waals surface area contributed by atoms with E-state index in [4.69, 9.17) is 0 Å². The lowest BCUT2D eigenvalue weighted by Gasteiger charge is -2.39. The van der Waals surface area contributed by atoms with Crippen LogP contribution in [-0.4, -0.2) is 60.2 Å². The molecule has 0 bridgehead atoms. The Morgan fingerprint density at radius 2 is 2.25 bits per heavy atom. The summed E-state index contributed by atoms with van der Waals surface area (Å²) in [5.41, 5.74) is 1.67. The molecule has 2 fully saturated rings. The average molecular weight is 293 g/mol. The molecule has 1 aromatic rings. The highest BCUT2D eigenvalue weighted by Gasteiger charge is 2.49. The Morgan fingerprint density at radius 1 is 1.50 bits per heavy atom. The van der Waals surface area contributed by atoms with Gasteiger partial charge in [0.25, 0.3) is 5.91 Å². The molecule has 0 radical (unpaired) electrons. The molecular weight excluding hydrogens is 274 g/mol. The second-order valence-electron chi connectivity index (χ2n) is 5.96. The number of aldehydes is 1. The fourth-order valence-corrected chi connectivity index (χ4v) is 3.99. The van der Waals surface area contributed by atoms with Gasteiger partial charge in [-0.05, 0) is 33.0 Å². The van der Waals surface area contributed by atoms with Gasteiger partial charge in [0.1, 0.15) is 11.2 Å². The van der Waals surface area contributed by atoms with Crippen molar-refractivity contribution >= 4 is 23.5 Å². The third kappa shape index (κ3) is 2.27. The Morgan fingerprint density at radius 3 is 2.85 bits per heavy atom. The number of carbonyl (C=O) groups excluding carboxylic acids is 2. The first kappa shape index (κ1) is 13.7. The Kier molecular flexibility index (Phi) is 3.60. The van der Waals surface area contributed by atoms with E-state index in [2.05, 4.69) is 16.9 Å². The maximum absolute atomic E-state index is 12.4. The first-order valence-electron chi connectivity index (χ1n) is 6.96. The highest BCUT2D eigenvalue weighted by molar-refractivity contribution is 7.11. The molecule has 1 atom stereocenters. The van der Waals surface area contributed by atoms with Crippen LogP contribution in [0.15, 0.2) is 11.7 Å². The Balaban J connectivity index is 1.78. The van der Waals surface area contributed by atoms with E-state index in [9.17, 15) is 9.59 Å². The van der Waals surface area contributed by atoms with Crippen molar-refractivity contribution in [2.45, 2.75) is 12.8 Å². The van der Waals surface area contributed by atoms with Crippen molar-refractivity contribution in [1.82, 2.24) is 14.8 Å². The lowest BCUT2D eigenvalue weighted by molar-refractivity contribution is -0.114. The zero-order valence-electron chi connectivity index (χ0n) is 11.6. The van der Waals surface area contributed by atoms with E-state index in [-0.39, 0.29) is 17.2 Å². The fraction of sp³-hybridized carbons (Fsp3) is 0.643. The van der Waals surface area contributed by atoms with Crippen molar-refractivity contribution in [2.24, 2.45) is 11.3 Å². The van der Waals surface area contributed by atoms with Crippen LogP contribution < -0.4 is 0 Å². The van der Waals surface area contributed by atoms with Crippen LogP contribution in [0.3, 0.4) is 0 Å². The summed E-state index contributed by atoms with van der Waals surface area (Å²) in [5.74, 6) is 0.00299. The fourth-order valence-electron chi connectivity index (χ4n) is 3.41. The molecular formula is C14H19N3O2S. The molecule has 1 unspecified atom stereocenters. The van der Waals surface area contributed by atoms with Crippen molar-refractivity contribution in [1.29, 1.82) is 0 Å². The van der Waals surface area contributed by atoms with Crippen LogP contribution in [0.5, 0.6) is 0 Å². The van der Waals surface area contributed by atoms with E-state index in [0.717, 1.165) is 32.2 Å². The molecule has 0 N–H and O–H groups in total. The highest BCUT2D eigenvalue weighted by atomic mass is 32.1. The first-order valence-corrected chi connectivity index (χ1v) is 7.84. The number of likely N-dealkylation sites (tertiary alicyclic amines) is 2. The minimum absolute atomic E-state index is 0.00535. The third-order valence-electron chi connectivity index (χ3n) is 4.79. The van der Waals surface area contributed by atoms with Crippen LogP contribution >= 0.6 is 11.3 Å². The number of piperidine rings is 1. The van der Waals surface area contributed by atoms with Crippen LogP contribution in [-0.2, 0) is 4.79 Å². The van der Waals surface area contributed by atoms with Gasteiger partial charge in [0, 0.05) is 24.4 Å². The summed E-state index contributed by atoms with van der Waals surface area (Å²) in [6.07, 6.45) is 4.67. The standard InChI is InChI=1S/C14H19N3O2S/c1-16-4-2-14(3-5-16)9-17(7-11(14)8-18)13(19)12-6-15-10-20-12/h6,8,10-11H,2-5,7,9H2,1H3. The number of nitrogens with zero attached hydrogens (tertiary/aromatic N) is 3. The maximum Gasteiger partial charge on any atom is 0.265 e. The Hall–Kier alpha value is -1.27. The van der Waals surface area contributed by atoms with Gasteiger partial charge in [-0.15, -0.1) is 11.3 Å². The lowest BCUT2D eigenvalue weighted by Crippen LogP contribution is -2.43. The zero-order chi connectivity index (χ0) is 14.2. The molecule has 1 spiro atoms. The summed E-state index contributed by atoms with van der Waals surface area (Å²) in [7, 11) is 2.11. The van der Waals surface area contributed by atoms with E-state index >= 15 is 0 Å². The van der Waals surface area contributed by atoms with Gasteiger partial charge >= 0.3 is 0 Å². The van der Waals surface area contributed by atoms with Crippen LogP contribution in [0, 0.1) is 11.3 Å². The number of aromatic nitrogens is 1. The van der Waals surface area contributed by atoms with Crippen LogP contribution in [0.25, 0.3) is 0 Å². The molecule has 1 amide bonds. The predicted octanol–water partition coefficient (Wildman–Crippen LogP) is 1.13. The van der Waals surface area contributed by atoms with Gasteiger partial charge in [-0.2, -0.15) is 0 Å². The van der Waals surface area contributed by atoms with E-state index in [0.29, 0.717) is 18.0 Å². The molecule has 3 rings (SSSR count). The number of amides is 1. The second-order valence-corrected chi connectivity index (χ2v) is 6.85. The normalized spacial score (nSPS) is 26.1. The number of hydrogen-bond acceptors (Lipinski definition) is 5. The summed E-state index contributed by atoms with van der Waals surface area (Å²) in [6, 6.07) is 0. The topological polar surface area (TPSA) is 53.5 Å². The molecule has 2 saturated heterocycles. The highest BCUT2D eigenvalue weighted by Crippen LogP contribution is 2.44. The van der Waals surface area contributed by atoms with Gasteiger partial charge in [-0.25, -0.2) is 0 Å². The Labute approximate surface area is 122 Å². The van der Waals surface area contributed by atoms with Crippen LogP contribution in [0.2, 0.25) is 0 Å². The van der Waals surface area contributed by atoms with Gasteiger partial charge in [0.15, 0.2) is 0 Å². The molecule has 6 heteroatoms. The van der Waals surface area contributed by atoms with Crippen molar-refractivity contribution in [3.8, 4) is 0 Å². The monoisotopic (exact) mass is 293 g/mol. The largest absolute Gasteiger partial charge is 0.337 e. The third-order valence-corrected chi connectivity index (χ3v) is 5.55. The van der Waals surface area contributed by atoms with Crippen molar-refractivity contribution in [3.63, 3.8) is 0 Å². The quantitative estimate of drug-likeness (QED) is 0.767. The van der Waals surface area contributed by atoms with Crippen LogP contribution in [0.1, 0.15) is 22.5 Å². The number of hydrogen-bond donors (Lipinski definition) is 0. The average Bonchev–Trinajstić information content (AvgIpc) is 3.10. The van der Waals surface area contributed by atoms with E-state index in [1.165, 1.54) is 11.3 Å². The number of carbonyl (C=O) groups is 2. The molecule has 0 saturated carbocycles. The van der Waals surface area contributed by atoms with Gasteiger partial charge in [-0.1, -0.05) is 0 Å². The van der Waals surface area contributed by atoms with Gasteiger partial charge < -0.3 is 14.6 Å². The SMILES string of the molecule is CN1CCC2(CC1)CN(C(=O)c1cncs1)CC2C=O. The molecule has 108 valence electrons. The maximum atomic E-state index is 12.4. The number of rotatable bonds is 2.